The molecule has 1 N–H and O–H groups in total. The van der Waals surface area contributed by atoms with E-state index in [-0.39, 0.29) is 0 Å². The van der Waals surface area contributed by atoms with Gasteiger partial charge in [0.15, 0.2) is 0 Å². The van der Waals surface area contributed by atoms with Gasteiger partial charge in [0.1, 0.15) is 0 Å². The van der Waals surface area contributed by atoms with Gasteiger partial charge in [-0.1, -0.05) is 54.9 Å². The van der Waals surface area contributed by atoms with Crippen LogP contribution in [0, 0.1) is 0 Å². The monoisotopic (exact) mass is 288 g/mol. The lowest BCUT2D eigenvalue weighted by molar-refractivity contribution is -0.138. The number of carboxylic acids is 1. The standard InChI is InChI=1S/C17H17ClO2/c1-2-12-3-7-14(8-4-12)16(17(19)20)11-13-5-9-15(18)10-6-13/h3-10,16H,2,11H2,1H3,(H,19,20). The Morgan fingerprint density at radius 1 is 1.05 bits per heavy atom. The van der Waals surface area contributed by atoms with Crippen molar-refractivity contribution in [3.8, 4) is 0 Å². The smallest absolute Gasteiger partial charge is 0.311 e. The fourth-order valence-electron chi connectivity index (χ4n) is 2.19. The predicted molar refractivity (Wildman–Crippen MR) is 81.4 cm³/mol. The van der Waals surface area contributed by atoms with Crippen LogP contribution in [0.2, 0.25) is 5.02 Å². The Morgan fingerprint density at radius 2 is 1.60 bits per heavy atom. The summed E-state index contributed by atoms with van der Waals surface area (Å²) in [5.41, 5.74) is 3.02. The van der Waals surface area contributed by atoms with Crippen molar-refractivity contribution in [1.82, 2.24) is 0 Å². The molecule has 0 aromatic heterocycles. The first kappa shape index (κ1) is 14.6. The van der Waals surface area contributed by atoms with Crippen LogP contribution < -0.4 is 0 Å². The third kappa shape index (κ3) is 3.61. The van der Waals surface area contributed by atoms with E-state index in [1.54, 1.807) is 12.1 Å². The summed E-state index contributed by atoms with van der Waals surface area (Å²) in [5.74, 6) is -1.33. The second-order valence-electron chi connectivity index (χ2n) is 4.82. The van der Waals surface area contributed by atoms with E-state index < -0.39 is 11.9 Å². The minimum Gasteiger partial charge on any atom is -0.481 e. The van der Waals surface area contributed by atoms with E-state index in [0.717, 1.165) is 17.5 Å². The summed E-state index contributed by atoms with van der Waals surface area (Å²) >= 11 is 5.84. The van der Waals surface area contributed by atoms with Crippen molar-refractivity contribution in [2.45, 2.75) is 25.7 Å². The Bertz CT molecular complexity index is 573. The maximum absolute atomic E-state index is 11.5. The average molecular weight is 289 g/mol. The van der Waals surface area contributed by atoms with Gasteiger partial charge in [0.2, 0.25) is 0 Å². The molecule has 0 radical (unpaired) electrons. The molecule has 20 heavy (non-hydrogen) atoms. The van der Waals surface area contributed by atoms with E-state index in [1.807, 2.05) is 36.4 Å². The average Bonchev–Trinajstić information content (AvgIpc) is 2.46. The van der Waals surface area contributed by atoms with E-state index in [2.05, 4.69) is 6.92 Å². The van der Waals surface area contributed by atoms with Crippen LogP contribution in [-0.2, 0) is 17.6 Å². The maximum Gasteiger partial charge on any atom is 0.311 e. The fraction of sp³-hybridized carbons (Fsp3) is 0.235. The van der Waals surface area contributed by atoms with Crippen molar-refractivity contribution in [2.24, 2.45) is 0 Å². The van der Waals surface area contributed by atoms with Gasteiger partial charge in [0.25, 0.3) is 0 Å². The van der Waals surface area contributed by atoms with E-state index >= 15 is 0 Å². The van der Waals surface area contributed by atoms with Gasteiger partial charge in [0.05, 0.1) is 5.92 Å². The molecule has 0 fully saturated rings. The first-order chi connectivity index (χ1) is 9.60. The highest BCUT2D eigenvalue weighted by Crippen LogP contribution is 2.23. The zero-order valence-corrected chi connectivity index (χ0v) is 12.1. The molecule has 104 valence electrons. The van der Waals surface area contributed by atoms with Crippen LogP contribution in [0.3, 0.4) is 0 Å². The highest BCUT2D eigenvalue weighted by molar-refractivity contribution is 6.30. The van der Waals surface area contributed by atoms with Crippen LogP contribution in [0.4, 0.5) is 0 Å². The molecule has 2 nitrogen and oxygen atoms in total. The molecule has 2 aromatic rings. The van der Waals surface area contributed by atoms with E-state index in [1.165, 1.54) is 5.56 Å². The van der Waals surface area contributed by atoms with Gasteiger partial charge >= 0.3 is 5.97 Å². The van der Waals surface area contributed by atoms with Crippen molar-refractivity contribution in [2.75, 3.05) is 0 Å². The molecular formula is C17H17ClO2. The number of hydrogen-bond donors (Lipinski definition) is 1. The molecule has 3 heteroatoms. The molecule has 0 aliphatic heterocycles. The summed E-state index contributed by atoms with van der Waals surface area (Å²) < 4.78 is 0. The molecule has 0 saturated carbocycles. The molecule has 0 saturated heterocycles. The molecule has 2 rings (SSSR count). The fourth-order valence-corrected chi connectivity index (χ4v) is 2.32. The molecule has 1 atom stereocenters. The maximum atomic E-state index is 11.5. The lowest BCUT2D eigenvalue weighted by Crippen LogP contribution is -2.14. The molecule has 0 spiro atoms. The van der Waals surface area contributed by atoms with Crippen molar-refractivity contribution in [3.63, 3.8) is 0 Å². The van der Waals surface area contributed by atoms with Gasteiger partial charge in [-0.15, -0.1) is 0 Å². The number of aliphatic carboxylic acids is 1. The number of carboxylic acid groups (broad SMARTS) is 1. The first-order valence-electron chi connectivity index (χ1n) is 6.66. The first-order valence-corrected chi connectivity index (χ1v) is 7.04. The van der Waals surface area contributed by atoms with Crippen LogP contribution in [0.25, 0.3) is 0 Å². The van der Waals surface area contributed by atoms with Gasteiger partial charge in [-0.3, -0.25) is 4.79 Å². The van der Waals surface area contributed by atoms with Crippen molar-refractivity contribution >= 4 is 17.6 Å². The number of aryl methyl sites for hydroxylation is 1. The second kappa shape index (κ2) is 6.58. The molecule has 2 aromatic carbocycles. The Kier molecular flexibility index (Phi) is 4.80. The van der Waals surface area contributed by atoms with E-state index in [4.69, 9.17) is 11.6 Å². The number of hydrogen-bond acceptors (Lipinski definition) is 1. The Balaban J connectivity index is 2.22. The van der Waals surface area contributed by atoms with Crippen molar-refractivity contribution in [3.05, 3.63) is 70.2 Å². The van der Waals surface area contributed by atoms with E-state index in [9.17, 15) is 9.90 Å². The van der Waals surface area contributed by atoms with Crippen LogP contribution in [0.1, 0.15) is 29.5 Å². The number of halogens is 1. The van der Waals surface area contributed by atoms with Crippen LogP contribution in [-0.4, -0.2) is 11.1 Å². The second-order valence-corrected chi connectivity index (χ2v) is 5.25. The lowest BCUT2D eigenvalue weighted by atomic mass is 9.91. The van der Waals surface area contributed by atoms with Gasteiger partial charge in [-0.05, 0) is 41.7 Å². The highest BCUT2D eigenvalue weighted by Gasteiger charge is 2.20. The molecule has 0 aliphatic rings. The summed E-state index contributed by atoms with van der Waals surface area (Å²) in [6, 6.07) is 15.1. The van der Waals surface area contributed by atoms with Gasteiger partial charge in [0, 0.05) is 5.02 Å². The number of carbonyl (C=O) groups is 1. The zero-order valence-electron chi connectivity index (χ0n) is 11.3. The number of benzene rings is 2. The molecule has 0 amide bonds. The summed E-state index contributed by atoms with van der Waals surface area (Å²) in [6.07, 6.45) is 1.42. The Morgan fingerprint density at radius 3 is 2.10 bits per heavy atom. The van der Waals surface area contributed by atoms with Crippen molar-refractivity contribution < 1.29 is 9.90 Å². The van der Waals surface area contributed by atoms with Gasteiger partial charge in [-0.25, -0.2) is 0 Å². The molecular weight excluding hydrogens is 272 g/mol. The third-order valence-electron chi connectivity index (χ3n) is 3.44. The van der Waals surface area contributed by atoms with Crippen molar-refractivity contribution in [1.29, 1.82) is 0 Å². The lowest BCUT2D eigenvalue weighted by Gasteiger charge is -2.13. The number of rotatable bonds is 5. The SMILES string of the molecule is CCc1ccc(C(Cc2ccc(Cl)cc2)C(=O)O)cc1. The van der Waals surface area contributed by atoms with Gasteiger partial charge < -0.3 is 5.11 Å². The topological polar surface area (TPSA) is 37.3 Å². The predicted octanol–water partition coefficient (Wildman–Crippen LogP) is 4.31. The van der Waals surface area contributed by atoms with E-state index in [0.29, 0.717) is 11.4 Å². The Labute approximate surface area is 124 Å². The molecule has 0 heterocycles. The minimum absolute atomic E-state index is 0.470. The summed E-state index contributed by atoms with van der Waals surface area (Å²) in [5, 5.41) is 10.1. The largest absolute Gasteiger partial charge is 0.481 e. The zero-order chi connectivity index (χ0) is 14.5. The normalized spacial score (nSPS) is 12.1. The quantitative estimate of drug-likeness (QED) is 0.890. The minimum atomic E-state index is -0.802. The summed E-state index contributed by atoms with van der Waals surface area (Å²) in [6.45, 7) is 2.08. The van der Waals surface area contributed by atoms with Crippen LogP contribution >= 0.6 is 11.6 Å². The van der Waals surface area contributed by atoms with Crippen LogP contribution in [0.15, 0.2) is 48.5 Å². The summed E-state index contributed by atoms with van der Waals surface area (Å²) in [7, 11) is 0. The highest BCUT2D eigenvalue weighted by atomic mass is 35.5. The summed E-state index contributed by atoms with van der Waals surface area (Å²) in [4.78, 5) is 11.5. The van der Waals surface area contributed by atoms with Gasteiger partial charge in [-0.2, -0.15) is 0 Å². The third-order valence-corrected chi connectivity index (χ3v) is 3.69. The molecule has 0 bridgehead atoms. The Hall–Kier alpha value is -1.80. The molecule has 1 unspecified atom stereocenters. The van der Waals surface area contributed by atoms with Crippen LogP contribution in [0.5, 0.6) is 0 Å². The molecule has 0 aliphatic carbocycles.